The Morgan fingerprint density at radius 1 is 0.682 bits per heavy atom. The van der Waals surface area contributed by atoms with E-state index in [0.29, 0.717) is 0 Å². The van der Waals surface area contributed by atoms with Gasteiger partial charge in [0.05, 0.1) is 0 Å². The van der Waals surface area contributed by atoms with Crippen LogP contribution in [0.5, 0.6) is 11.5 Å². The van der Waals surface area contributed by atoms with Crippen LogP contribution >= 0.6 is 0 Å². The molecular formula is C18H14Mo2O2. The van der Waals surface area contributed by atoms with E-state index in [0.717, 1.165) is 33.8 Å². The molecule has 0 saturated carbocycles. The predicted octanol–water partition coefficient (Wildman–Crippen LogP) is 3.63. The molecule has 110 valence electrons. The fourth-order valence-corrected chi connectivity index (χ4v) is 3.11. The van der Waals surface area contributed by atoms with E-state index in [-0.39, 0.29) is 0 Å². The van der Waals surface area contributed by atoms with Crippen LogP contribution in [0.3, 0.4) is 0 Å². The first kappa shape index (κ1) is 17.1. The summed E-state index contributed by atoms with van der Waals surface area (Å²) in [7, 11) is 3.34. The predicted molar refractivity (Wildman–Crippen MR) is 80.6 cm³/mol. The van der Waals surface area contributed by atoms with E-state index in [9.17, 15) is 0 Å². The number of allylic oxidation sites excluding steroid dienone is 2. The first-order valence-corrected chi connectivity index (χ1v) is 8.53. The normalized spacial score (nSPS) is 10.9. The number of rotatable bonds is 4. The summed E-state index contributed by atoms with van der Waals surface area (Å²) in [6.45, 7) is 0. The van der Waals surface area contributed by atoms with Gasteiger partial charge in [0.25, 0.3) is 0 Å². The Kier molecular flexibility index (Phi) is 6.50. The molecule has 22 heavy (non-hydrogen) atoms. The van der Waals surface area contributed by atoms with Crippen molar-refractivity contribution in [1.82, 2.24) is 0 Å². The van der Waals surface area contributed by atoms with Gasteiger partial charge in [0.15, 0.2) is 0 Å². The number of benzene rings is 2. The summed E-state index contributed by atoms with van der Waals surface area (Å²) in [6, 6.07) is 16.0. The molecule has 2 nitrogen and oxygen atoms in total. The molecule has 2 rings (SSSR count). The summed E-state index contributed by atoms with van der Waals surface area (Å²) in [5, 5.41) is 0. The zero-order valence-electron chi connectivity index (χ0n) is 12.3. The zero-order valence-corrected chi connectivity index (χ0v) is 16.3. The van der Waals surface area contributed by atoms with Crippen molar-refractivity contribution in [2.24, 2.45) is 0 Å². The summed E-state index contributed by atoms with van der Waals surface area (Å²) in [5.41, 5.74) is 4.24. The van der Waals surface area contributed by atoms with Gasteiger partial charge in [0.2, 0.25) is 0 Å². The van der Waals surface area contributed by atoms with E-state index in [1.165, 1.54) is 0 Å². The van der Waals surface area contributed by atoms with E-state index in [1.54, 1.807) is 14.2 Å². The van der Waals surface area contributed by atoms with Crippen molar-refractivity contribution in [3.05, 3.63) is 59.7 Å². The molecule has 0 N–H and O–H groups in total. The number of methoxy groups -OCH3 is 2. The van der Waals surface area contributed by atoms with E-state index >= 15 is 0 Å². The summed E-state index contributed by atoms with van der Waals surface area (Å²) < 4.78 is 17.0. The molecule has 0 aliphatic carbocycles. The second-order valence-electron chi connectivity index (χ2n) is 4.41. The number of hydrogen-bond donors (Lipinski definition) is 0. The summed E-state index contributed by atoms with van der Waals surface area (Å²) in [5.74, 6) is 1.69. The SMILES string of the molecule is COc1ccc(/C([C]#[Mo])=C(\[C]#[Mo])c2ccc(OC)cc2)cc1. The minimum absolute atomic E-state index is 0.844. The molecule has 0 aliphatic rings. The van der Waals surface area contributed by atoms with Gasteiger partial charge in [-0.3, -0.25) is 0 Å². The van der Waals surface area contributed by atoms with Crippen molar-refractivity contribution in [3.8, 4) is 19.9 Å². The zero-order chi connectivity index (χ0) is 15.9. The van der Waals surface area contributed by atoms with Gasteiger partial charge < -0.3 is 0 Å². The van der Waals surface area contributed by atoms with Crippen LogP contribution in [0.4, 0.5) is 0 Å². The number of hydrogen-bond acceptors (Lipinski definition) is 2. The average molecular weight is 454 g/mol. The Morgan fingerprint density at radius 3 is 1.23 bits per heavy atom. The maximum absolute atomic E-state index is 5.21. The van der Waals surface area contributed by atoms with E-state index in [1.807, 2.05) is 86.8 Å². The quantitative estimate of drug-likeness (QED) is 0.519. The van der Waals surface area contributed by atoms with Crippen LogP contribution in [-0.4, -0.2) is 14.2 Å². The average Bonchev–Trinajstić information content (AvgIpc) is 2.60. The summed E-state index contributed by atoms with van der Waals surface area (Å²) in [4.78, 5) is 0. The molecule has 0 fully saturated rings. The monoisotopic (exact) mass is 458 g/mol. The maximum atomic E-state index is 5.21. The summed E-state index contributed by atoms with van der Waals surface area (Å²) in [6.07, 6.45) is 0. The first-order chi connectivity index (χ1) is 10.7. The number of ether oxygens (including phenoxy) is 2. The molecular weight excluding hydrogens is 440 g/mol. The molecule has 4 heteroatoms. The second-order valence-corrected chi connectivity index (χ2v) is 5.41. The van der Waals surface area contributed by atoms with Gasteiger partial charge in [-0.2, -0.15) is 0 Å². The Bertz CT molecular complexity index is 693. The molecule has 0 bridgehead atoms. The van der Waals surface area contributed by atoms with Crippen molar-refractivity contribution >= 4 is 11.1 Å². The molecule has 0 amide bonds. The van der Waals surface area contributed by atoms with Gasteiger partial charge in [-0.05, 0) is 0 Å². The molecule has 0 spiro atoms. The third kappa shape index (κ3) is 3.92. The fraction of sp³-hybridized carbons (Fsp3) is 0.111. The van der Waals surface area contributed by atoms with Crippen LogP contribution in [0.2, 0.25) is 0 Å². The fourth-order valence-electron chi connectivity index (χ4n) is 2.02. The Morgan fingerprint density at radius 2 is 1.00 bits per heavy atom. The Labute approximate surface area is 152 Å². The van der Waals surface area contributed by atoms with Gasteiger partial charge >= 0.3 is 153 Å². The van der Waals surface area contributed by atoms with Gasteiger partial charge in [-0.25, -0.2) is 0 Å². The van der Waals surface area contributed by atoms with Crippen LogP contribution in [0.1, 0.15) is 11.1 Å². The van der Waals surface area contributed by atoms with Crippen molar-refractivity contribution in [3.63, 3.8) is 0 Å². The third-order valence-corrected chi connectivity index (χ3v) is 4.22. The van der Waals surface area contributed by atoms with Gasteiger partial charge in [0.1, 0.15) is 0 Å². The molecule has 0 atom stereocenters. The topological polar surface area (TPSA) is 18.5 Å². The molecule has 0 saturated heterocycles. The van der Waals surface area contributed by atoms with Crippen LogP contribution in [0, 0.1) is 8.40 Å². The molecule has 0 heterocycles. The van der Waals surface area contributed by atoms with E-state index in [2.05, 4.69) is 8.40 Å². The van der Waals surface area contributed by atoms with Gasteiger partial charge in [-0.1, -0.05) is 0 Å². The molecule has 2 aromatic rings. The minimum atomic E-state index is 0.844. The van der Waals surface area contributed by atoms with Crippen molar-refractivity contribution < 1.29 is 47.8 Å². The van der Waals surface area contributed by atoms with Gasteiger partial charge in [0, 0.05) is 0 Å². The summed E-state index contributed by atoms with van der Waals surface area (Å²) >= 11 is 3.68. The molecule has 0 unspecified atom stereocenters. The molecule has 0 radical (unpaired) electrons. The van der Waals surface area contributed by atoms with Crippen LogP contribution in [0.15, 0.2) is 48.5 Å². The van der Waals surface area contributed by atoms with Crippen LogP contribution in [0.25, 0.3) is 11.1 Å². The van der Waals surface area contributed by atoms with Crippen molar-refractivity contribution in [2.45, 2.75) is 0 Å². The standard InChI is InChI=1S/C18H14O2.2Mo/c1-13(15-5-9-17(19-3)10-6-15)14(2)16-7-11-18(20-4)12-8-16;;/h5-12H,3-4H3;;/b14-13+;;. The second kappa shape index (κ2) is 8.38. The van der Waals surface area contributed by atoms with Crippen LogP contribution < -0.4 is 9.47 Å². The van der Waals surface area contributed by atoms with E-state index in [4.69, 9.17) is 9.47 Å². The Balaban J connectivity index is 2.52. The van der Waals surface area contributed by atoms with E-state index < -0.39 is 0 Å². The third-order valence-electron chi connectivity index (χ3n) is 3.21. The molecule has 2 aromatic carbocycles. The Hall–Kier alpha value is -1.28. The van der Waals surface area contributed by atoms with Crippen LogP contribution in [-0.2, 0) is 38.3 Å². The first-order valence-electron chi connectivity index (χ1n) is 6.53. The molecule has 0 aliphatic heterocycles. The molecule has 0 aromatic heterocycles. The van der Waals surface area contributed by atoms with Crippen molar-refractivity contribution in [1.29, 1.82) is 0 Å². The van der Waals surface area contributed by atoms with Crippen molar-refractivity contribution in [2.75, 3.05) is 14.2 Å². The van der Waals surface area contributed by atoms with Gasteiger partial charge in [-0.15, -0.1) is 0 Å².